The maximum Gasteiger partial charge on any atom is 0.220 e. The number of aliphatic imine (C=N–C) groups is 1. The van der Waals surface area contributed by atoms with Gasteiger partial charge in [0.15, 0.2) is 5.96 Å². The van der Waals surface area contributed by atoms with Crippen molar-refractivity contribution in [1.29, 1.82) is 0 Å². The summed E-state index contributed by atoms with van der Waals surface area (Å²) in [5, 5.41) is 6.21. The van der Waals surface area contributed by atoms with E-state index in [1.54, 1.807) is 26.2 Å². The minimum atomic E-state index is -0.170. The molecule has 3 rings (SSSR count). The zero-order valence-electron chi connectivity index (χ0n) is 16.1. The monoisotopic (exact) mass is 488 g/mol. The fourth-order valence-electron chi connectivity index (χ4n) is 3.83. The van der Waals surface area contributed by atoms with Gasteiger partial charge in [0.2, 0.25) is 5.91 Å². The third-order valence-corrected chi connectivity index (χ3v) is 5.75. The minimum Gasteiger partial charge on any atom is -0.359 e. The highest BCUT2D eigenvalue weighted by molar-refractivity contribution is 14.0. The molecule has 2 N–H and O–H groups in total. The van der Waals surface area contributed by atoms with Crippen molar-refractivity contribution in [2.24, 2.45) is 10.9 Å². The summed E-state index contributed by atoms with van der Waals surface area (Å²) >= 11 is 0. The molecular formula is C20H30FIN4O. The van der Waals surface area contributed by atoms with E-state index in [0.29, 0.717) is 12.3 Å². The summed E-state index contributed by atoms with van der Waals surface area (Å²) in [6.45, 7) is 2.60. The Kier molecular flexibility index (Phi) is 7.88. The van der Waals surface area contributed by atoms with Crippen LogP contribution in [0.15, 0.2) is 29.3 Å². The van der Waals surface area contributed by atoms with Crippen LogP contribution in [0.3, 0.4) is 0 Å². The maximum absolute atomic E-state index is 13.6. The Hall–Kier alpha value is -1.38. The number of hydrogen-bond acceptors (Lipinski definition) is 2. The highest BCUT2D eigenvalue weighted by Gasteiger charge is 2.44. The Bertz CT molecular complexity index is 670. The van der Waals surface area contributed by atoms with Gasteiger partial charge >= 0.3 is 0 Å². The molecule has 0 unspecified atom stereocenters. The number of nitrogens with zero attached hydrogens (tertiary/aromatic N) is 2. The normalized spacial score (nSPS) is 19.2. The van der Waals surface area contributed by atoms with Gasteiger partial charge in [-0.2, -0.15) is 0 Å². The summed E-state index contributed by atoms with van der Waals surface area (Å²) in [5.74, 6) is 1.31. The van der Waals surface area contributed by atoms with Crippen LogP contribution in [0.2, 0.25) is 0 Å². The Morgan fingerprint density at radius 2 is 2.04 bits per heavy atom. The molecule has 1 saturated carbocycles. The number of amides is 1. The zero-order valence-corrected chi connectivity index (χ0v) is 18.5. The van der Waals surface area contributed by atoms with E-state index in [4.69, 9.17) is 0 Å². The number of carbonyl (C=O) groups is 1. The number of benzene rings is 1. The molecule has 5 nitrogen and oxygen atoms in total. The predicted octanol–water partition coefficient (Wildman–Crippen LogP) is 2.90. The summed E-state index contributed by atoms with van der Waals surface area (Å²) in [6, 6.07) is 6.96. The lowest BCUT2D eigenvalue weighted by Crippen LogP contribution is -2.47. The van der Waals surface area contributed by atoms with Crippen LogP contribution >= 0.6 is 24.0 Å². The van der Waals surface area contributed by atoms with Gasteiger partial charge in [0, 0.05) is 45.6 Å². The summed E-state index contributed by atoms with van der Waals surface area (Å²) in [4.78, 5) is 18.2. The van der Waals surface area contributed by atoms with Crippen molar-refractivity contribution >= 4 is 35.8 Å². The SMILES string of the molecule is CN=C(NCC1(c2cccc(F)c2)CC1)N1CCC(CC(=O)NC)CC1.I. The molecule has 1 saturated heterocycles. The van der Waals surface area contributed by atoms with Gasteiger partial charge in [-0.3, -0.25) is 9.79 Å². The van der Waals surface area contributed by atoms with E-state index >= 15 is 0 Å². The van der Waals surface area contributed by atoms with Crippen molar-refractivity contribution in [1.82, 2.24) is 15.5 Å². The Morgan fingerprint density at radius 1 is 1.33 bits per heavy atom. The van der Waals surface area contributed by atoms with E-state index in [1.807, 2.05) is 6.07 Å². The van der Waals surface area contributed by atoms with Crippen molar-refractivity contribution in [3.8, 4) is 0 Å². The molecule has 2 aliphatic rings. The van der Waals surface area contributed by atoms with Crippen LogP contribution in [-0.4, -0.2) is 50.5 Å². The van der Waals surface area contributed by atoms with Gasteiger partial charge in [-0.1, -0.05) is 12.1 Å². The fraction of sp³-hybridized carbons (Fsp3) is 0.600. The number of guanidine groups is 1. The first kappa shape index (κ1) is 21.9. The van der Waals surface area contributed by atoms with Gasteiger partial charge in [-0.15, -0.1) is 24.0 Å². The van der Waals surface area contributed by atoms with Crippen molar-refractivity contribution < 1.29 is 9.18 Å². The summed E-state index contributed by atoms with van der Waals surface area (Å²) < 4.78 is 13.6. The molecule has 1 aromatic rings. The van der Waals surface area contributed by atoms with Gasteiger partial charge in [-0.05, 0) is 49.3 Å². The first-order chi connectivity index (χ1) is 12.6. The molecule has 1 aromatic carbocycles. The lowest BCUT2D eigenvalue weighted by atomic mass is 9.93. The number of hydrogen-bond donors (Lipinski definition) is 2. The number of rotatable bonds is 5. The molecule has 7 heteroatoms. The third-order valence-electron chi connectivity index (χ3n) is 5.75. The number of carbonyl (C=O) groups excluding carboxylic acids is 1. The van der Waals surface area contributed by atoms with E-state index < -0.39 is 0 Å². The number of halogens is 2. The van der Waals surface area contributed by atoms with Gasteiger partial charge in [-0.25, -0.2) is 4.39 Å². The molecule has 0 radical (unpaired) electrons. The number of piperidine rings is 1. The Morgan fingerprint density at radius 3 is 2.59 bits per heavy atom. The van der Waals surface area contributed by atoms with Gasteiger partial charge in [0.05, 0.1) is 0 Å². The van der Waals surface area contributed by atoms with Crippen LogP contribution in [0.25, 0.3) is 0 Å². The highest BCUT2D eigenvalue weighted by Crippen LogP contribution is 2.47. The molecule has 27 heavy (non-hydrogen) atoms. The van der Waals surface area contributed by atoms with Gasteiger partial charge in [0.25, 0.3) is 0 Å². The minimum absolute atomic E-state index is 0. The van der Waals surface area contributed by atoms with E-state index in [1.165, 1.54) is 6.07 Å². The average molecular weight is 488 g/mol. The average Bonchev–Trinajstić information content (AvgIpc) is 3.44. The smallest absolute Gasteiger partial charge is 0.220 e. The van der Waals surface area contributed by atoms with Gasteiger partial charge in [0.1, 0.15) is 5.82 Å². The van der Waals surface area contributed by atoms with Crippen LogP contribution in [0.5, 0.6) is 0 Å². The molecule has 0 aromatic heterocycles. The molecule has 0 bridgehead atoms. The first-order valence-corrected chi connectivity index (χ1v) is 9.48. The standard InChI is InChI=1S/C20H29FN4O.HI/c1-22-18(26)12-15-6-10-25(11-7-15)19(23-2)24-14-20(8-9-20)16-4-3-5-17(21)13-16;/h3-5,13,15H,6-12,14H2,1-2H3,(H,22,26)(H,23,24);1H. The van der Waals surface area contributed by atoms with Crippen molar-refractivity contribution in [2.45, 2.75) is 37.5 Å². The van der Waals surface area contributed by atoms with Crippen LogP contribution in [0.4, 0.5) is 4.39 Å². The van der Waals surface area contributed by atoms with E-state index in [9.17, 15) is 9.18 Å². The zero-order chi connectivity index (χ0) is 18.6. The third kappa shape index (κ3) is 5.56. The number of likely N-dealkylation sites (tertiary alicyclic amines) is 1. The molecule has 1 heterocycles. The lowest BCUT2D eigenvalue weighted by molar-refractivity contribution is -0.121. The molecule has 2 fully saturated rings. The Labute approximate surface area is 178 Å². The van der Waals surface area contributed by atoms with E-state index in [0.717, 1.165) is 56.8 Å². The van der Waals surface area contributed by atoms with Crippen LogP contribution in [0, 0.1) is 11.7 Å². The van der Waals surface area contributed by atoms with E-state index in [-0.39, 0.29) is 41.1 Å². The van der Waals surface area contributed by atoms with Crippen LogP contribution in [0.1, 0.15) is 37.7 Å². The predicted molar refractivity (Wildman–Crippen MR) is 117 cm³/mol. The van der Waals surface area contributed by atoms with Crippen molar-refractivity contribution in [3.05, 3.63) is 35.6 Å². The van der Waals surface area contributed by atoms with Crippen molar-refractivity contribution in [2.75, 3.05) is 33.7 Å². The molecule has 0 spiro atoms. The lowest BCUT2D eigenvalue weighted by Gasteiger charge is -2.34. The maximum atomic E-state index is 13.6. The Balaban J connectivity index is 0.00000261. The molecule has 150 valence electrons. The fourth-order valence-corrected chi connectivity index (χ4v) is 3.83. The van der Waals surface area contributed by atoms with Crippen LogP contribution in [-0.2, 0) is 10.2 Å². The summed E-state index contributed by atoms with van der Waals surface area (Å²) in [6.07, 6.45) is 4.77. The molecular weight excluding hydrogens is 458 g/mol. The molecule has 1 aliphatic carbocycles. The van der Waals surface area contributed by atoms with Gasteiger partial charge < -0.3 is 15.5 Å². The molecule has 1 aliphatic heterocycles. The van der Waals surface area contributed by atoms with Crippen LogP contribution < -0.4 is 10.6 Å². The second kappa shape index (κ2) is 9.71. The highest BCUT2D eigenvalue weighted by atomic mass is 127. The van der Waals surface area contributed by atoms with E-state index in [2.05, 4.69) is 20.5 Å². The summed E-state index contributed by atoms with van der Waals surface area (Å²) in [7, 11) is 3.50. The quantitative estimate of drug-likeness (QED) is 0.381. The molecule has 1 amide bonds. The van der Waals surface area contributed by atoms with Crippen molar-refractivity contribution in [3.63, 3.8) is 0 Å². The second-order valence-corrected chi connectivity index (χ2v) is 7.50. The number of nitrogens with one attached hydrogen (secondary N) is 2. The largest absolute Gasteiger partial charge is 0.359 e. The molecule has 0 atom stereocenters. The topological polar surface area (TPSA) is 56.7 Å². The second-order valence-electron chi connectivity index (χ2n) is 7.50. The first-order valence-electron chi connectivity index (χ1n) is 9.48. The summed E-state index contributed by atoms with van der Waals surface area (Å²) in [5.41, 5.74) is 1.11.